The molecule has 9 nitrogen and oxygen atoms in total. The van der Waals surface area contributed by atoms with Crippen LogP contribution in [0, 0.1) is 6.92 Å². The van der Waals surface area contributed by atoms with Crippen molar-refractivity contribution in [3.8, 4) is 11.5 Å². The Labute approximate surface area is 207 Å². The van der Waals surface area contributed by atoms with E-state index in [9.17, 15) is 18.0 Å². The second kappa shape index (κ2) is 11.0. The maximum atomic E-state index is 13.6. The summed E-state index contributed by atoms with van der Waals surface area (Å²) in [4.78, 5) is 27.9. The monoisotopic (exact) mass is 503 g/mol. The van der Waals surface area contributed by atoms with E-state index in [1.165, 1.54) is 11.0 Å². The van der Waals surface area contributed by atoms with Crippen LogP contribution in [0.4, 0.5) is 5.69 Å². The van der Waals surface area contributed by atoms with Gasteiger partial charge >= 0.3 is 0 Å². The summed E-state index contributed by atoms with van der Waals surface area (Å²) in [6, 6.07) is 11.5. The predicted octanol–water partition coefficient (Wildman–Crippen LogP) is 2.82. The SMILES string of the molecule is CC[C@H](C)NC(=O)[C@H](C)N(Cc1cccc(C)c1)C(=O)CN(c1ccc2c(c1)OCO2)S(C)(=O)=O. The van der Waals surface area contributed by atoms with Gasteiger partial charge in [0.05, 0.1) is 11.9 Å². The summed E-state index contributed by atoms with van der Waals surface area (Å²) in [5.41, 5.74) is 2.14. The first kappa shape index (κ1) is 26.3. The van der Waals surface area contributed by atoms with Gasteiger partial charge in [0.1, 0.15) is 12.6 Å². The van der Waals surface area contributed by atoms with Gasteiger partial charge in [0.15, 0.2) is 11.5 Å². The first-order valence-electron chi connectivity index (χ1n) is 11.5. The van der Waals surface area contributed by atoms with Crippen molar-refractivity contribution < 1.29 is 27.5 Å². The molecule has 2 amide bonds. The number of hydrogen-bond acceptors (Lipinski definition) is 6. The number of anilines is 1. The van der Waals surface area contributed by atoms with Crippen molar-refractivity contribution in [1.29, 1.82) is 0 Å². The van der Waals surface area contributed by atoms with Crippen molar-refractivity contribution in [2.45, 2.75) is 52.7 Å². The second-order valence-electron chi connectivity index (χ2n) is 8.81. The molecule has 35 heavy (non-hydrogen) atoms. The van der Waals surface area contributed by atoms with Gasteiger partial charge in [0.2, 0.25) is 28.6 Å². The van der Waals surface area contributed by atoms with Gasteiger partial charge in [0, 0.05) is 18.7 Å². The molecule has 2 aromatic rings. The molecular weight excluding hydrogens is 470 g/mol. The lowest BCUT2D eigenvalue weighted by atomic mass is 10.1. The van der Waals surface area contributed by atoms with E-state index in [1.54, 1.807) is 19.1 Å². The summed E-state index contributed by atoms with van der Waals surface area (Å²) >= 11 is 0. The first-order chi connectivity index (χ1) is 16.5. The van der Waals surface area contributed by atoms with E-state index in [2.05, 4.69) is 5.32 Å². The van der Waals surface area contributed by atoms with Gasteiger partial charge in [-0.3, -0.25) is 13.9 Å². The second-order valence-corrected chi connectivity index (χ2v) is 10.7. The number of aryl methyl sites for hydroxylation is 1. The number of sulfonamides is 1. The Hall–Kier alpha value is -3.27. The van der Waals surface area contributed by atoms with E-state index in [4.69, 9.17) is 9.47 Å². The van der Waals surface area contributed by atoms with Crippen LogP contribution in [-0.4, -0.2) is 56.8 Å². The number of amides is 2. The summed E-state index contributed by atoms with van der Waals surface area (Å²) in [5, 5.41) is 2.91. The maximum absolute atomic E-state index is 13.6. The topological polar surface area (TPSA) is 105 Å². The minimum atomic E-state index is -3.82. The van der Waals surface area contributed by atoms with Gasteiger partial charge in [-0.05, 0) is 44.9 Å². The molecule has 1 N–H and O–H groups in total. The lowest BCUT2D eigenvalue weighted by molar-refractivity contribution is -0.139. The highest BCUT2D eigenvalue weighted by Crippen LogP contribution is 2.36. The lowest BCUT2D eigenvalue weighted by Gasteiger charge is -2.32. The van der Waals surface area contributed by atoms with Crippen LogP contribution in [0.5, 0.6) is 11.5 Å². The molecule has 0 saturated carbocycles. The summed E-state index contributed by atoms with van der Waals surface area (Å²) in [7, 11) is -3.82. The average Bonchev–Trinajstić information content (AvgIpc) is 3.27. The van der Waals surface area contributed by atoms with E-state index in [-0.39, 0.29) is 31.0 Å². The van der Waals surface area contributed by atoms with E-state index < -0.39 is 28.5 Å². The average molecular weight is 504 g/mol. The molecule has 0 bridgehead atoms. The van der Waals surface area contributed by atoms with Crippen molar-refractivity contribution in [2.24, 2.45) is 0 Å². The normalized spacial score (nSPS) is 14.2. The molecule has 1 aliphatic rings. The van der Waals surface area contributed by atoms with Crippen molar-refractivity contribution in [1.82, 2.24) is 10.2 Å². The molecule has 2 atom stereocenters. The van der Waals surface area contributed by atoms with E-state index in [1.807, 2.05) is 45.0 Å². The molecule has 190 valence electrons. The van der Waals surface area contributed by atoms with Crippen molar-refractivity contribution in [3.05, 3.63) is 53.6 Å². The smallest absolute Gasteiger partial charge is 0.244 e. The molecule has 2 aromatic carbocycles. The minimum Gasteiger partial charge on any atom is -0.454 e. The fourth-order valence-corrected chi connectivity index (χ4v) is 4.55. The Balaban J connectivity index is 1.91. The highest BCUT2D eigenvalue weighted by atomic mass is 32.2. The van der Waals surface area contributed by atoms with Gasteiger partial charge in [-0.15, -0.1) is 0 Å². The van der Waals surface area contributed by atoms with E-state index >= 15 is 0 Å². The van der Waals surface area contributed by atoms with Gasteiger partial charge in [-0.25, -0.2) is 8.42 Å². The van der Waals surface area contributed by atoms with Crippen LogP contribution in [0.1, 0.15) is 38.3 Å². The number of ether oxygens (including phenoxy) is 2. The third-order valence-electron chi connectivity index (χ3n) is 5.93. The van der Waals surface area contributed by atoms with Crippen LogP contribution < -0.4 is 19.1 Å². The molecule has 3 rings (SSSR count). The van der Waals surface area contributed by atoms with E-state index in [0.29, 0.717) is 11.5 Å². The molecular formula is C25H33N3O6S. The minimum absolute atomic E-state index is 0.0453. The number of nitrogens with one attached hydrogen (secondary N) is 1. The number of carbonyl (C=O) groups excluding carboxylic acids is 2. The number of fused-ring (bicyclic) bond motifs is 1. The van der Waals surface area contributed by atoms with Gasteiger partial charge in [-0.2, -0.15) is 0 Å². The zero-order valence-electron chi connectivity index (χ0n) is 20.8. The number of hydrogen-bond donors (Lipinski definition) is 1. The van der Waals surface area contributed by atoms with E-state index in [0.717, 1.165) is 28.1 Å². The fourth-order valence-electron chi connectivity index (χ4n) is 3.71. The number of nitrogens with zero attached hydrogens (tertiary/aromatic N) is 2. The standard InChI is InChI=1S/C25H33N3O6S/c1-6-18(3)26-25(30)19(4)27(14-20-9-7-8-17(2)12-20)24(29)15-28(35(5,31)32)21-10-11-22-23(13-21)34-16-33-22/h7-13,18-19H,6,14-16H2,1-5H3,(H,26,30)/t18-,19-/m0/s1. The van der Waals surface area contributed by atoms with Crippen LogP contribution >= 0.6 is 0 Å². The molecule has 10 heteroatoms. The highest BCUT2D eigenvalue weighted by Gasteiger charge is 2.31. The fraction of sp³-hybridized carbons (Fsp3) is 0.440. The molecule has 0 aromatic heterocycles. The summed E-state index contributed by atoms with van der Waals surface area (Å²) in [6.07, 6.45) is 1.78. The number of benzene rings is 2. The number of rotatable bonds is 10. The summed E-state index contributed by atoms with van der Waals surface area (Å²) in [5.74, 6) is 0.113. The maximum Gasteiger partial charge on any atom is 0.244 e. The quantitative estimate of drug-likeness (QED) is 0.535. The zero-order valence-corrected chi connectivity index (χ0v) is 21.6. The largest absolute Gasteiger partial charge is 0.454 e. The van der Waals surface area contributed by atoms with Crippen molar-refractivity contribution in [2.75, 3.05) is 23.9 Å². The van der Waals surface area contributed by atoms with Crippen LogP contribution in [0.2, 0.25) is 0 Å². The molecule has 0 fully saturated rings. The molecule has 0 unspecified atom stereocenters. The molecule has 0 spiro atoms. The van der Waals surface area contributed by atoms with Crippen molar-refractivity contribution >= 4 is 27.5 Å². The Morgan fingerprint density at radius 3 is 2.46 bits per heavy atom. The molecule has 1 aliphatic heterocycles. The molecule has 0 saturated heterocycles. The van der Waals surface area contributed by atoms with Crippen LogP contribution in [-0.2, 0) is 26.2 Å². The van der Waals surface area contributed by atoms with Gasteiger partial charge < -0.3 is 19.7 Å². The summed E-state index contributed by atoms with van der Waals surface area (Å²) in [6.45, 7) is 7.18. The third kappa shape index (κ3) is 6.66. The Bertz CT molecular complexity index is 1180. The molecule has 0 radical (unpaired) electrons. The van der Waals surface area contributed by atoms with Gasteiger partial charge in [-0.1, -0.05) is 36.8 Å². The first-order valence-corrected chi connectivity index (χ1v) is 13.4. The highest BCUT2D eigenvalue weighted by molar-refractivity contribution is 7.92. The Morgan fingerprint density at radius 1 is 1.09 bits per heavy atom. The molecule has 0 aliphatic carbocycles. The van der Waals surface area contributed by atoms with Crippen molar-refractivity contribution in [3.63, 3.8) is 0 Å². The van der Waals surface area contributed by atoms with Crippen LogP contribution in [0.25, 0.3) is 0 Å². The Kier molecular flexibility index (Phi) is 8.26. The number of carbonyl (C=O) groups is 2. The van der Waals surface area contributed by atoms with Crippen LogP contribution in [0.3, 0.4) is 0 Å². The third-order valence-corrected chi connectivity index (χ3v) is 7.07. The molecule has 1 heterocycles. The van der Waals surface area contributed by atoms with Crippen LogP contribution in [0.15, 0.2) is 42.5 Å². The zero-order chi connectivity index (χ0) is 25.8. The van der Waals surface area contributed by atoms with Gasteiger partial charge in [0.25, 0.3) is 0 Å². The Morgan fingerprint density at radius 2 is 1.80 bits per heavy atom. The lowest BCUT2D eigenvalue weighted by Crippen LogP contribution is -2.52. The predicted molar refractivity (Wildman–Crippen MR) is 134 cm³/mol. The summed E-state index contributed by atoms with van der Waals surface area (Å²) < 4.78 is 37.1.